The summed E-state index contributed by atoms with van der Waals surface area (Å²) >= 11 is 9.22. The first-order valence-corrected chi connectivity index (χ1v) is 7.70. The minimum Gasteiger partial charge on any atom is -0.390 e. The molecule has 0 aromatic carbocycles. The molecule has 1 heterocycles. The van der Waals surface area contributed by atoms with Crippen molar-refractivity contribution in [1.82, 2.24) is 9.97 Å². The summed E-state index contributed by atoms with van der Waals surface area (Å²) < 4.78 is 0.821. The molecule has 1 aliphatic carbocycles. The van der Waals surface area contributed by atoms with Gasteiger partial charge >= 0.3 is 0 Å². The van der Waals surface area contributed by atoms with Crippen LogP contribution in [-0.4, -0.2) is 26.7 Å². The van der Waals surface area contributed by atoms with Crippen LogP contribution in [0.15, 0.2) is 10.7 Å². The fourth-order valence-corrected chi connectivity index (χ4v) is 3.02. The lowest BCUT2D eigenvalue weighted by Gasteiger charge is -2.36. The summed E-state index contributed by atoms with van der Waals surface area (Å²) in [5.41, 5.74) is -0.580. The molecule has 1 saturated carbocycles. The van der Waals surface area contributed by atoms with E-state index in [0.29, 0.717) is 12.0 Å². The molecule has 4 nitrogen and oxygen atoms in total. The molecule has 2 rings (SSSR count). The first kappa shape index (κ1) is 15.0. The molecule has 0 spiro atoms. The van der Waals surface area contributed by atoms with Crippen LogP contribution in [0.4, 0.5) is 5.82 Å². The molecule has 0 unspecified atom stereocenters. The molecule has 1 fully saturated rings. The van der Waals surface area contributed by atoms with Gasteiger partial charge < -0.3 is 10.4 Å². The van der Waals surface area contributed by atoms with Crippen LogP contribution >= 0.6 is 27.5 Å². The van der Waals surface area contributed by atoms with Gasteiger partial charge in [0.25, 0.3) is 0 Å². The maximum atomic E-state index is 10.0. The van der Waals surface area contributed by atoms with E-state index in [2.05, 4.69) is 31.2 Å². The zero-order valence-electron chi connectivity index (χ0n) is 11.2. The van der Waals surface area contributed by atoms with Crippen LogP contribution in [0.5, 0.6) is 0 Å². The Hall–Kier alpha value is -0.390. The molecule has 6 heteroatoms. The summed E-state index contributed by atoms with van der Waals surface area (Å²) in [7, 11) is 0. The van der Waals surface area contributed by atoms with Gasteiger partial charge in [0.15, 0.2) is 0 Å². The highest BCUT2D eigenvalue weighted by Crippen LogP contribution is 2.34. The molecule has 1 aromatic rings. The van der Waals surface area contributed by atoms with Crippen molar-refractivity contribution < 1.29 is 5.11 Å². The number of hydrogen-bond donors (Lipinski definition) is 2. The van der Waals surface area contributed by atoms with Gasteiger partial charge in [-0.2, -0.15) is 4.98 Å². The molecule has 1 aliphatic rings. The van der Waals surface area contributed by atoms with E-state index in [-0.39, 0.29) is 5.28 Å². The normalized spacial score (nSPS) is 24.3. The highest BCUT2D eigenvalue weighted by molar-refractivity contribution is 9.10. The Morgan fingerprint density at radius 3 is 2.58 bits per heavy atom. The lowest BCUT2D eigenvalue weighted by molar-refractivity contribution is -0.000403. The second-order valence-electron chi connectivity index (χ2n) is 5.68. The van der Waals surface area contributed by atoms with E-state index in [4.69, 9.17) is 11.6 Å². The Labute approximate surface area is 127 Å². The third-order valence-electron chi connectivity index (χ3n) is 3.78. The van der Waals surface area contributed by atoms with Crippen LogP contribution in [0.1, 0.15) is 39.5 Å². The number of nitrogens with one attached hydrogen (secondary N) is 1. The maximum absolute atomic E-state index is 10.0. The summed E-state index contributed by atoms with van der Waals surface area (Å²) in [4.78, 5) is 8.09. The molecule has 1 aromatic heterocycles. The lowest BCUT2D eigenvalue weighted by Crippen LogP contribution is -2.37. The minimum atomic E-state index is -0.580. The Bertz CT molecular complexity index is 442. The largest absolute Gasteiger partial charge is 0.390 e. The number of nitrogens with zero attached hydrogens (tertiary/aromatic N) is 2. The summed E-state index contributed by atoms with van der Waals surface area (Å²) in [5, 5.41) is 13.7. The van der Waals surface area contributed by atoms with E-state index < -0.39 is 5.60 Å². The van der Waals surface area contributed by atoms with Crippen LogP contribution in [-0.2, 0) is 0 Å². The molecule has 2 N–H and O–H groups in total. The number of hydrogen-bond acceptors (Lipinski definition) is 4. The van der Waals surface area contributed by atoms with Crippen LogP contribution < -0.4 is 5.32 Å². The summed E-state index contributed by atoms with van der Waals surface area (Å²) in [6, 6.07) is 0.376. The highest BCUT2D eigenvalue weighted by atomic mass is 79.9. The molecule has 0 saturated heterocycles. The van der Waals surface area contributed by atoms with Gasteiger partial charge in [-0.15, -0.1) is 0 Å². The van der Waals surface area contributed by atoms with Crippen molar-refractivity contribution in [1.29, 1.82) is 0 Å². The van der Waals surface area contributed by atoms with Gasteiger partial charge in [0, 0.05) is 12.2 Å². The first-order chi connectivity index (χ1) is 8.86. The van der Waals surface area contributed by atoms with Crippen LogP contribution in [0.2, 0.25) is 5.28 Å². The summed E-state index contributed by atoms with van der Waals surface area (Å²) in [5.74, 6) is 1.12. The van der Waals surface area contributed by atoms with Crippen molar-refractivity contribution in [2.24, 2.45) is 5.92 Å². The standard InChI is InChI=1S/C13H19BrClN3O/c1-13(2,19)8-3-5-9(6-4-8)17-11-10(14)7-16-12(15)18-11/h7-9,19H,3-6H2,1-2H3,(H,16,17,18). The lowest BCUT2D eigenvalue weighted by atomic mass is 9.77. The van der Waals surface area contributed by atoms with Crippen molar-refractivity contribution in [3.63, 3.8) is 0 Å². The topological polar surface area (TPSA) is 58.0 Å². The van der Waals surface area contributed by atoms with E-state index in [9.17, 15) is 5.11 Å². The number of aliphatic hydroxyl groups is 1. The molecule has 0 radical (unpaired) electrons. The van der Waals surface area contributed by atoms with Gasteiger partial charge in [0.05, 0.1) is 10.1 Å². The Kier molecular flexibility index (Phi) is 4.69. The van der Waals surface area contributed by atoms with Gasteiger partial charge in [-0.3, -0.25) is 0 Å². The van der Waals surface area contributed by atoms with E-state index in [1.54, 1.807) is 6.20 Å². The first-order valence-electron chi connectivity index (χ1n) is 6.53. The molecule has 106 valence electrons. The van der Waals surface area contributed by atoms with Crippen LogP contribution in [0.25, 0.3) is 0 Å². The van der Waals surface area contributed by atoms with Gasteiger partial charge in [-0.1, -0.05) is 0 Å². The number of anilines is 1. The maximum Gasteiger partial charge on any atom is 0.224 e. The minimum absolute atomic E-state index is 0.246. The van der Waals surface area contributed by atoms with Crippen molar-refractivity contribution >= 4 is 33.3 Å². The third-order valence-corrected chi connectivity index (χ3v) is 4.54. The van der Waals surface area contributed by atoms with Crippen molar-refractivity contribution in [2.45, 2.75) is 51.2 Å². The Morgan fingerprint density at radius 1 is 1.37 bits per heavy atom. The Balaban J connectivity index is 1.94. The zero-order valence-corrected chi connectivity index (χ0v) is 13.5. The average molecular weight is 349 g/mol. The van der Waals surface area contributed by atoms with E-state index in [1.165, 1.54) is 0 Å². The molecule has 0 aliphatic heterocycles. The molecular weight excluding hydrogens is 330 g/mol. The monoisotopic (exact) mass is 347 g/mol. The molecule has 0 bridgehead atoms. The third kappa shape index (κ3) is 4.04. The quantitative estimate of drug-likeness (QED) is 0.819. The van der Waals surface area contributed by atoms with Crippen LogP contribution in [0.3, 0.4) is 0 Å². The summed E-state index contributed by atoms with van der Waals surface area (Å²) in [6.07, 6.45) is 5.76. The predicted molar refractivity (Wildman–Crippen MR) is 80.4 cm³/mol. The highest BCUT2D eigenvalue weighted by Gasteiger charge is 2.31. The summed E-state index contributed by atoms with van der Waals surface area (Å²) in [6.45, 7) is 3.79. The number of rotatable bonds is 3. The van der Waals surface area contributed by atoms with Gasteiger partial charge in [-0.05, 0) is 73.0 Å². The fourth-order valence-electron chi connectivity index (χ4n) is 2.58. The second-order valence-corrected chi connectivity index (χ2v) is 6.87. The van der Waals surface area contributed by atoms with E-state index >= 15 is 0 Å². The second kappa shape index (κ2) is 5.94. The zero-order chi connectivity index (χ0) is 14.0. The van der Waals surface area contributed by atoms with E-state index in [1.807, 2.05) is 13.8 Å². The fraction of sp³-hybridized carbons (Fsp3) is 0.692. The average Bonchev–Trinajstić information content (AvgIpc) is 2.33. The molecule has 0 atom stereocenters. The number of aromatic nitrogens is 2. The number of halogens is 2. The SMILES string of the molecule is CC(C)(O)C1CCC(Nc2nc(Cl)ncc2Br)CC1. The molecule has 19 heavy (non-hydrogen) atoms. The molecular formula is C13H19BrClN3O. The van der Waals surface area contributed by atoms with Crippen molar-refractivity contribution in [3.05, 3.63) is 16.0 Å². The predicted octanol–water partition coefficient (Wildman–Crippen LogP) is 3.63. The van der Waals surface area contributed by atoms with Gasteiger partial charge in [-0.25, -0.2) is 4.98 Å². The Morgan fingerprint density at radius 2 is 2.00 bits per heavy atom. The van der Waals surface area contributed by atoms with Gasteiger partial charge in [0.2, 0.25) is 5.28 Å². The smallest absolute Gasteiger partial charge is 0.224 e. The van der Waals surface area contributed by atoms with Crippen molar-refractivity contribution in [3.8, 4) is 0 Å². The van der Waals surface area contributed by atoms with Crippen LogP contribution in [0, 0.1) is 5.92 Å². The van der Waals surface area contributed by atoms with Crippen molar-refractivity contribution in [2.75, 3.05) is 5.32 Å². The molecule has 0 amide bonds. The van der Waals surface area contributed by atoms with Gasteiger partial charge in [0.1, 0.15) is 5.82 Å². The van der Waals surface area contributed by atoms with E-state index in [0.717, 1.165) is 36.0 Å².